The second kappa shape index (κ2) is 6.17. The van der Waals surface area contributed by atoms with E-state index in [1.807, 2.05) is 60.7 Å². The van der Waals surface area contributed by atoms with Crippen LogP contribution in [-0.4, -0.2) is 0 Å². The lowest BCUT2D eigenvalue weighted by Crippen LogP contribution is -1.87. The zero-order chi connectivity index (χ0) is 10.9. The van der Waals surface area contributed by atoms with Crippen molar-refractivity contribution in [2.75, 3.05) is 5.32 Å². The van der Waals surface area contributed by atoms with Crippen LogP contribution in [0.3, 0.4) is 0 Å². The molecule has 2 aromatic rings. The smallest absolute Gasteiger partial charge is 0.0384 e. The third-order valence-electron chi connectivity index (χ3n) is 1.84. The summed E-state index contributed by atoms with van der Waals surface area (Å²) in [5, 5.41) is 15.3. The molecule has 15 heavy (non-hydrogen) atoms. The zero-order valence-corrected chi connectivity index (χ0v) is 8.17. The van der Waals surface area contributed by atoms with E-state index < -0.39 is 0 Å². The van der Waals surface area contributed by atoms with Gasteiger partial charge in [0, 0.05) is 22.2 Å². The molecule has 0 aromatic heterocycles. The standard InChI is InChI=1S/C12H11N.N2/c1-3-7-11(8-4-1)13-12-9-5-2-6-10-12;1-2/h1-10,13H;. The molecule has 74 valence electrons. The fraction of sp³-hybridized carbons (Fsp3) is 0. The summed E-state index contributed by atoms with van der Waals surface area (Å²) >= 11 is 0. The Morgan fingerprint density at radius 3 is 1.27 bits per heavy atom. The minimum Gasteiger partial charge on any atom is -0.356 e. The van der Waals surface area contributed by atoms with Gasteiger partial charge >= 0.3 is 0 Å². The van der Waals surface area contributed by atoms with Crippen molar-refractivity contribution in [2.24, 2.45) is 0 Å². The SMILES string of the molecule is N#N.c1ccc(Nc2ccccc2)cc1. The predicted octanol–water partition coefficient (Wildman–Crippen LogP) is 3.46. The number of nitrogens with one attached hydrogen (secondary N) is 1. The summed E-state index contributed by atoms with van der Waals surface area (Å²) in [7, 11) is 0. The van der Waals surface area contributed by atoms with Crippen molar-refractivity contribution in [1.82, 2.24) is 0 Å². The van der Waals surface area contributed by atoms with Crippen LogP contribution in [-0.2, 0) is 0 Å². The van der Waals surface area contributed by atoms with Gasteiger partial charge in [-0.2, -0.15) is 0 Å². The van der Waals surface area contributed by atoms with E-state index in [4.69, 9.17) is 10.8 Å². The Morgan fingerprint density at radius 1 is 0.600 bits per heavy atom. The number of hydrogen-bond donors (Lipinski definition) is 1. The summed E-state index contributed by atoms with van der Waals surface area (Å²) in [5.74, 6) is 0. The van der Waals surface area contributed by atoms with Gasteiger partial charge in [-0.1, -0.05) is 36.4 Å². The van der Waals surface area contributed by atoms with Crippen LogP contribution in [0.1, 0.15) is 0 Å². The highest BCUT2D eigenvalue weighted by molar-refractivity contribution is 5.58. The van der Waals surface area contributed by atoms with Crippen molar-refractivity contribution < 1.29 is 0 Å². The van der Waals surface area contributed by atoms with Gasteiger partial charge in [0.1, 0.15) is 0 Å². The third-order valence-corrected chi connectivity index (χ3v) is 1.84. The Hall–Kier alpha value is -2.34. The van der Waals surface area contributed by atoms with Crippen LogP contribution in [0.15, 0.2) is 60.7 Å². The molecule has 0 heterocycles. The Labute approximate surface area is 88.8 Å². The van der Waals surface area contributed by atoms with Gasteiger partial charge in [0.15, 0.2) is 0 Å². The first-order valence-electron chi connectivity index (χ1n) is 4.52. The van der Waals surface area contributed by atoms with E-state index in [0.717, 1.165) is 11.4 Å². The first-order chi connectivity index (χ1) is 7.45. The first kappa shape index (κ1) is 10.7. The van der Waals surface area contributed by atoms with E-state index in [1.54, 1.807) is 0 Å². The van der Waals surface area contributed by atoms with E-state index in [2.05, 4.69) is 5.32 Å². The van der Waals surface area contributed by atoms with Gasteiger partial charge in [-0.15, -0.1) is 0 Å². The van der Waals surface area contributed by atoms with Crippen molar-refractivity contribution >= 4 is 11.4 Å². The lowest BCUT2D eigenvalue weighted by molar-refractivity contribution is 1.15. The zero-order valence-electron chi connectivity index (χ0n) is 8.17. The molecule has 2 aromatic carbocycles. The van der Waals surface area contributed by atoms with Gasteiger partial charge in [0.05, 0.1) is 0 Å². The molecule has 0 amide bonds. The lowest BCUT2D eigenvalue weighted by atomic mass is 10.3. The molecule has 2 rings (SSSR count). The Balaban J connectivity index is 0.000000531. The second-order valence-electron chi connectivity index (χ2n) is 2.86. The molecule has 0 fully saturated rings. The number of hydrogen-bond acceptors (Lipinski definition) is 3. The first-order valence-corrected chi connectivity index (χ1v) is 4.52. The summed E-state index contributed by atoms with van der Waals surface area (Å²) in [5.41, 5.74) is 2.24. The second-order valence-corrected chi connectivity index (χ2v) is 2.86. The van der Waals surface area contributed by atoms with Gasteiger partial charge in [0.2, 0.25) is 0 Å². The molecule has 0 saturated carbocycles. The topological polar surface area (TPSA) is 59.6 Å². The normalized spacial score (nSPS) is 8.40. The van der Waals surface area contributed by atoms with Crippen LogP contribution in [0, 0.1) is 10.8 Å². The van der Waals surface area contributed by atoms with Crippen LogP contribution >= 0.6 is 0 Å². The molecule has 0 aliphatic heterocycles. The summed E-state index contributed by atoms with van der Waals surface area (Å²) < 4.78 is 0. The molecule has 0 bridgehead atoms. The Bertz CT molecular complexity index is 357. The quantitative estimate of drug-likeness (QED) is 0.750. The van der Waals surface area contributed by atoms with Crippen molar-refractivity contribution in [3.05, 3.63) is 60.7 Å². The highest BCUT2D eigenvalue weighted by Gasteiger charge is 1.89. The highest BCUT2D eigenvalue weighted by atomic mass is 14.9. The van der Waals surface area contributed by atoms with Crippen molar-refractivity contribution in [3.8, 4) is 0 Å². The predicted molar refractivity (Wildman–Crippen MR) is 59.6 cm³/mol. The molecule has 0 spiro atoms. The van der Waals surface area contributed by atoms with Gasteiger partial charge < -0.3 is 5.32 Å². The van der Waals surface area contributed by atoms with Crippen LogP contribution in [0.2, 0.25) is 0 Å². The van der Waals surface area contributed by atoms with Gasteiger partial charge in [-0.25, -0.2) is 0 Å². The number of para-hydroxylation sites is 2. The van der Waals surface area contributed by atoms with Gasteiger partial charge in [-0.3, -0.25) is 0 Å². The molecule has 0 unspecified atom stereocenters. The summed E-state index contributed by atoms with van der Waals surface area (Å²) in [4.78, 5) is 0. The van der Waals surface area contributed by atoms with Crippen LogP contribution in [0.25, 0.3) is 0 Å². The molecule has 0 atom stereocenters. The molecular formula is C12H11N3. The minimum atomic E-state index is 1.12. The van der Waals surface area contributed by atoms with Crippen LogP contribution < -0.4 is 5.32 Å². The van der Waals surface area contributed by atoms with E-state index in [1.165, 1.54) is 0 Å². The number of nitrogens with zero attached hydrogens (tertiary/aromatic N) is 2. The van der Waals surface area contributed by atoms with E-state index in [9.17, 15) is 0 Å². The number of rotatable bonds is 2. The molecular weight excluding hydrogens is 186 g/mol. The molecule has 0 saturated heterocycles. The molecule has 3 heteroatoms. The minimum absolute atomic E-state index is 1.12. The van der Waals surface area contributed by atoms with Crippen molar-refractivity contribution in [2.45, 2.75) is 0 Å². The molecule has 0 radical (unpaired) electrons. The fourth-order valence-electron chi connectivity index (χ4n) is 1.21. The molecule has 3 nitrogen and oxygen atoms in total. The Morgan fingerprint density at radius 2 is 0.933 bits per heavy atom. The van der Waals surface area contributed by atoms with Gasteiger partial charge in [0.25, 0.3) is 0 Å². The van der Waals surface area contributed by atoms with Crippen molar-refractivity contribution in [1.29, 1.82) is 10.8 Å². The maximum absolute atomic E-state index is 6.00. The molecule has 1 N–H and O–H groups in total. The monoisotopic (exact) mass is 197 g/mol. The molecule has 0 aliphatic rings. The van der Waals surface area contributed by atoms with E-state index >= 15 is 0 Å². The van der Waals surface area contributed by atoms with E-state index in [0.29, 0.717) is 0 Å². The van der Waals surface area contributed by atoms with Crippen LogP contribution in [0.4, 0.5) is 11.4 Å². The third kappa shape index (κ3) is 3.49. The Kier molecular flexibility index (Phi) is 4.41. The van der Waals surface area contributed by atoms with Crippen LogP contribution in [0.5, 0.6) is 0 Å². The largest absolute Gasteiger partial charge is 0.356 e. The van der Waals surface area contributed by atoms with E-state index in [-0.39, 0.29) is 0 Å². The average Bonchev–Trinajstić information content (AvgIpc) is 2.34. The highest BCUT2D eigenvalue weighted by Crippen LogP contribution is 2.14. The van der Waals surface area contributed by atoms with Gasteiger partial charge in [-0.05, 0) is 24.3 Å². The number of anilines is 2. The summed E-state index contributed by atoms with van der Waals surface area (Å²) in [6, 6.07) is 20.3. The summed E-state index contributed by atoms with van der Waals surface area (Å²) in [6.07, 6.45) is 0. The van der Waals surface area contributed by atoms with Crippen molar-refractivity contribution in [3.63, 3.8) is 0 Å². The maximum atomic E-state index is 6.00. The lowest BCUT2D eigenvalue weighted by Gasteiger charge is -2.04. The number of benzene rings is 2. The average molecular weight is 197 g/mol. The molecule has 0 aliphatic carbocycles. The summed E-state index contributed by atoms with van der Waals surface area (Å²) in [6.45, 7) is 0. The maximum Gasteiger partial charge on any atom is 0.0384 e. The fourth-order valence-corrected chi connectivity index (χ4v) is 1.21.